The molecule has 78 valence electrons. The van der Waals surface area contributed by atoms with Gasteiger partial charge in [-0.1, -0.05) is 13.8 Å². The van der Waals surface area contributed by atoms with E-state index in [4.69, 9.17) is 10.00 Å². The van der Waals surface area contributed by atoms with Crippen LogP contribution in [-0.2, 0) is 0 Å². The highest BCUT2D eigenvalue weighted by molar-refractivity contribution is 5.43. The largest absolute Gasteiger partial charge is 0.490 e. The van der Waals surface area contributed by atoms with Crippen molar-refractivity contribution in [2.75, 3.05) is 0 Å². The van der Waals surface area contributed by atoms with Crippen LogP contribution in [0.5, 0.6) is 5.75 Å². The maximum atomic E-state index is 8.84. The molecule has 0 aliphatic heterocycles. The number of benzene rings is 1. The predicted molar refractivity (Wildman–Crippen MR) is 58.9 cm³/mol. The Balaban J connectivity index is 2.30. The van der Waals surface area contributed by atoms with Gasteiger partial charge in [-0.2, -0.15) is 5.26 Å². The highest BCUT2D eigenvalue weighted by Crippen LogP contribution is 2.33. The quantitative estimate of drug-likeness (QED) is 0.752. The molecule has 1 aliphatic carbocycles. The van der Waals surface area contributed by atoms with Crippen molar-refractivity contribution in [2.24, 2.45) is 0 Å². The van der Waals surface area contributed by atoms with E-state index in [-0.39, 0.29) is 0 Å². The number of hydrogen-bond donors (Lipinski definition) is 0. The maximum absolute atomic E-state index is 8.84. The van der Waals surface area contributed by atoms with Gasteiger partial charge in [-0.15, -0.1) is 0 Å². The van der Waals surface area contributed by atoms with Crippen molar-refractivity contribution in [1.82, 2.24) is 0 Å². The first-order chi connectivity index (χ1) is 7.20. The minimum Gasteiger partial charge on any atom is -0.490 e. The van der Waals surface area contributed by atoms with Crippen LogP contribution in [0.25, 0.3) is 0 Å². The monoisotopic (exact) mass is 201 g/mol. The van der Waals surface area contributed by atoms with Crippen LogP contribution in [0.1, 0.15) is 43.7 Å². The van der Waals surface area contributed by atoms with E-state index in [1.54, 1.807) is 0 Å². The number of rotatable bonds is 3. The molecule has 0 aromatic heterocycles. The summed E-state index contributed by atoms with van der Waals surface area (Å²) in [4.78, 5) is 0. The average Bonchev–Trinajstić information content (AvgIpc) is 3.02. The summed E-state index contributed by atoms with van der Waals surface area (Å²) in [7, 11) is 0. The summed E-state index contributed by atoms with van der Waals surface area (Å²) < 4.78 is 5.81. The fourth-order valence-electron chi connectivity index (χ4n) is 1.54. The van der Waals surface area contributed by atoms with E-state index in [1.807, 2.05) is 18.2 Å². The second-order valence-corrected chi connectivity index (χ2v) is 4.34. The Morgan fingerprint density at radius 2 is 2.13 bits per heavy atom. The summed E-state index contributed by atoms with van der Waals surface area (Å²) in [6, 6.07) is 7.84. The molecule has 0 spiro atoms. The Labute approximate surface area is 90.5 Å². The normalized spacial score (nSPS) is 15.1. The lowest BCUT2D eigenvalue weighted by Crippen LogP contribution is -2.01. The predicted octanol–water partition coefficient (Wildman–Crippen LogP) is 3.22. The van der Waals surface area contributed by atoms with Crippen molar-refractivity contribution in [3.8, 4) is 11.8 Å². The molecule has 1 saturated carbocycles. The average molecular weight is 201 g/mol. The fourth-order valence-corrected chi connectivity index (χ4v) is 1.54. The summed E-state index contributed by atoms with van der Waals surface area (Å²) in [5.74, 6) is 1.35. The van der Waals surface area contributed by atoms with Gasteiger partial charge < -0.3 is 4.74 Å². The summed E-state index contributed by atoms with van der Waals surface area (Å²) in [5.41, 5.74) is 1.85. The van der Waals surface area contributed by atoms with E-state index in [0.29, 0.717) is 17.6 Å². The van der Waals surface area contributed by atoms with Crippen LogP contribution in [0.15, 0.2) is 18.2 Å². The molecule has 0 atom stereocenters. The Bertz CT molecular complexity index is 399. The summed E-state index contributed by atoms with van der Waals surface area (Å²) in [6.45, 7) is 4.24. The molecule has 1 aliphatic rings. The van der Waals surface area contributed by atoms with Crippen molar-refractivity contribution < 1.29 is 4.74 Å². The molecule has 0 radical (unpaired) electrons. The van der Waals surface area contributed by atoms with E-state index >= 15 is 0 Å². The van der Waals surface area contributed by atoms with Gasteiger partial charge in [0.05, 0.1) is 17.7 Å². The Kier molecular flexibility index (Phi) is 2.64. The third kappa shape index (κ3) is 2.30. The van der Waals surface area contributed by atoms with E-state index in [2.05, 4.69) is 19.9 Å². The van der Waals surface area contributed by atoms with Gasteiger partial charge in [-0.25, -0.2) is 0 Å². The molecular weight excluding hydrogens is 186 g/mol. The van der Waals surface area contributed by atoms with Crippen molar-refractivity contribution >= 4 is 0 Å². The summed E-state index contributed by atoms with van der Waals surface area (Å²) in [6.07, 6.45) is 2.74. The number of ether oxygens (including phenoxy) is 1. The molecule has 15 heavy (non-hydrogen) atoms. The molecule has 0 amide bonds. The first-order valence-corrected chi connectivity index (χ1v) is 5.41. The Morgan fingerprint density at radius 3 is 2.67 bits per heavy atom. The van der Waals surface area contributed by atoms with Crippen LogP contribution in [0.3, 0.4) is 0 Å². The van der Waals surface area contributed by atoms with Crippen LogP contribution in [0.2, 0.25) is 0 Å². The maximum Gasteiger partial charge on any atom is 0.123 e. The van der Waals surface area contributed by atoms with Crippen LogP contribution in [0.4, 0.5) is 0 Å². The lowest BCUT2D eigenvalue weighted by Gasteiger charge is -2.13. The molecule has 1 aromatic rings. The van der Waals surface area contributed by atoms with Gasteiger partial charge in [0.25, 0.3) is 0 Å². The molecule has 0 N–H and O–H groups in total. The Hall–Kier alpha value is -1.49. The van der Waals surface area contributed by atoms with Crippen molar-refractivity contribution in [3.63, 3.8) is 0 Å². The highest BCUT2D eigenvalue weighted by Gasteiger charge is 2.24. The van der Waals surface area contributed by atoms with E-state index in [9.17, 15) is 0 Å². The molecule has 0 unspecified atom stereocenters. The molecular formula is C13H15NO. The zero-order chi connectivity index (χ0) is 10.8. The fraction of sp³-hybridized carbons (Fsp3) is 0.462. The summed E-state index contributed by atoms with van der Waals surface area (Å²) in [5, 5.41) is 8.84. The molecule has 0 saturated heterocycles. The van der Waals surface area contributed by atoms with Gasteiger partial charge in [0.2, 0.25) is 0 Å². The minimum atomic E-state index is 0.395. The highest BCUT2D eigenvalue weighted by atomic mass is 16.5. The number of nitrogens with zero attached hydrogens (tertiary/aromatic N) is 1. The first-order valence-electron chi connectivity index (χ1n) is 5.41. The van der Waals surface area contributed by atoms with Gasteiger partial charge >= 0.3 is 0 Å². The van der Waals surface area contributed by atoms with Gasteiger partial charge in [0, 0.05) is 0 Å². The molecule has 2 nitrogen and oxygen atoms in total. The Morgan fingerprint density at radius 1 is 1.40 bits per heavy atom. The second kappa shape index (κ2) is 3.94. The molecule has 2 rings (SSSR count). The first kappa shape index (κ1) is 10.0. The van der Waals surface area contributed by atoms with Gasteiger partial charge in [0.1, 0.15) is 5.75 Å². The molecule has 1 aromatic carbocycles. The zero-order valence-electron chi connectivity index (χ0n) is 9.16. The minimum absolute atomic E-state index is 0.395. The molecule has 1 fully saturated rings. The third-order valence-electron chi connectivity index (χ3n) is 2.58. The lowest BCUT2D eigenvalue weighted by atomic mass is 10.00. The van der Waals surface area contributed by atoms with Crippen molar-refractivity contribution in [2.45, 2.75) is 38.7 Å². The van der Waals surface area contributed by atoms with Gasteiger partial charge in [-0.05, 0) is 42.5 Å². The van der Waals surface area contributed by atoms with Gasteiger partial charge in [0.15, 0.2) is 0 Å². The van der Waals surface area contributed by atoms with E-state index < -0.39 is 0 Å². The molecule has 2 heteroatoms. The standard InChI is InChI=1S/C13H15NO/c1-9(2)12-7-10(8-14)3-6-13(12)15-11-4-5-11/h3,6-7,9,11H,4-5H2,1-2H3. The number of hydrogen-bond acceptors (Lipinski definition) is 2. The molecule has 0 bridgehead atoms. The van der Waals surface area contributed by atoms with Gasteiger partial charge in [-0.3, -0.25) is 0 Å². The van der Waals surface area contributed by atoms with Crippen LogP contribution in [-0.4, -0.2) is 6.10 Å². The molecule has 0 heterocycles. The van der Waals surface area contributed by atoms with Crippen molar-refractivity contribution in [3.05, 3.63) is 29.3 Å². The van der Waals surface area contributed by atoms with Crippen LogP contribution in [0, 0.1) is 11.3 Å². The zero-order valence-corrected chi connectivity index (χ0v) is 9.16. The SMILES string of the molecule is CC(C)c1cc(C#N)ccc1OC1CC1. The summed E-state index contributed by atoms with van der Waals surface area (Å²) >= 11 is 0. The third-order valence-corrected chi connectivity index (χ3v) is 2.58. The number of nitriles is 1. The lowest BCUT2D eigenvalue weighted by molar-refractivity contribution is 0.299. The second-order valence-electron chi connectivity index (χ2n) is 4.34. The smallest absolute Gasteiger partial charge is 0.123 e. The van der Waals surface area contributed by atoms with E-state index in [1.165, 1.54) is 0 Å². The topological polar surface area (TPSA) is 33.0 Å². The van der Waals surface area contributed by atoms with Crippen LogP contribution < -0.4 is 4.74 Å². The van der Waals surface area contributed by atoms with Crippen molar-refractivity contribution in [1.29, 1.82) is 5.26 Å². The van der Waals surface area contributed by atoms with Crippen LogP contribution >= 0.6 is 0 Å². The van der Waals surface area contributed by atoms with E-state index in [0.717, 1.165) is 24.2 Å².